The molecule has 1 atom stereocenters. The van der Waals surface area contributed by atoms with E-state index in [0.717, 1.165) is 11.3 Å². The molecule has 0 fully saturated rings. The number of carbonyl (C=O) groups excluding carboxylic acids is 2. The average Bonchev–Trinajstić information content (AvgIpc) is 2.73. The van der Waals surface area contributed by atoms with Crippen LogP contribution in [0.25, 0.3) is 0 Å². The minimum absolute atomic E-state index is 0.134. The van der Waals surface area contributed by atoms with Gasteiger partial charge in [0.15, 0.2) is 0 Å². The fourth-order valence-corrected chi connectivity index (χ4v) is 2.88. The Morgan fingerprint density at radius 2 is 1.48 bits per heavy atom. The van der Waals surface area contributed by atoms with E-state index in [1.807, 2.05) is 60.7 Å². The van der Waals surface area contributed by atoms with Gasteiger partial charge in [0.05, 0.1) is 7.11 Å². The largest absolute Gasteiger partial charge is 0.497 e. The van der Waals surface area contributed by atoms with Gasteiger partial charge in [-0.05, 0) is 42.0 Å². The minimum Gasteiger partial charge on any atom is -0.497 e. The first-order valence-electron chi connectivity index (χ1n) is 9.19. The summed E-state index contributed by atoms with van der Waals surface area (Å²) in [5, 5.41) is 8.93. The highest BCUT2D eigenvalue weighted by Crippen LogP contribution is 2.24. The van der Waals surface area contributed by atoms with Gasteiger partial charge in [-0.3, -0.25) is 9.59 Å². The molecule has 0 heterocycles. The van der Waals surface area contributed by atoms with Crippen LogP contribution < -0.4 is 20.7 Å². The number of carbonyl (C=O) groups is 2. The number of benzene rings is 3. The molecule has 0 unspecified atom stereocenters. The fraction of sp³-hybridized carbons (Fsp3) is 0.130. The SMILES string of the molecule is COc1cccc(NC(=O)[C@H](Nc2ccc(NC(C)=O)cc2)c2ccccc2)c1. The Balaban J connectivity index is 1.81. The zero-order valence-electron chi connectivity index (χ0n) is 16.3. The standard InChI is InChI=1S/C23H23N3O3/c1-16(27)24-18-11-13-19(14-12-18)25-22(17-7-4-3-5-8-17)23(28)26-20-9-6-10-21(15-20)29-2/h3-15,22,25H,1-2H3,(H,24,27)(H,26,28)/t22-/m1/s1. The predicted octanol–water partition coefficient (Wildman–Crippen LogP) is 4.45. The van der Waals surface area contributed by atoms with Crippen molar-refractivity contribution in [1.82, 2.24) is 0 Å². The Morgan fingerprint density at radius 3 is 2.14 bits per heavy atom. The van der Waals surface area contributed by atoms with Crippen molar-refractivity contribution in [2.75, 3.05) is 23.1 Å². The molecule has 0 aliphatic heterocycles. The molecule has 6 nitrogen and oxygen atoms in total. The highest BCUT2D eigenvalue weighted by molar-refractivity contribution is 5.97. The lowest BCUT2D eigenvalue weighted by molar-refractivity contribution is -0.117. The first-order valence-corrected chi connectivity index (χ1v) is 9.19. The van der Waals surface area contributed by atoms with E-state index in [-0.39, 0.29) is 11.8 Å². The van der Waals surface area contributed by atoms with E-state index in [1.165, 1.54) is 6.92 Å². The van der Waals surface area contributed by atoms with Gasteiger partial charge in [-0.25, -0.2) is 0 Å². The van der Waals surface area contributed by atoms with Gasteiger partial charge in [-0.15, -0.1) is 0 Å². The van der Waals surface area contributed by atoms with Crippen LogP contribution in [0, 0.1) is 0 Å². The summed E-state index contributed by atoms with van der Waals surface area (Å²) < 4.78 is 5.22. The molecule has 0 aliphatic carbocycles. The maximum Gasteiger partial charge on any atom is 0.251 e. The van der Waals surface area contributed by atoms with E-state index in [1.54, 1.807) is 25.3 Å². The van der Waals surface area contributed by atoms with Gasteiger partial charge in [0, 0.05) is 30.1 Å². The number of methoxy groups -OCH3 is 1. The predicted molar refractivity (Wildman–Crippen MR) is 115 cm³/mol. The normalized spacial score (nSPS) is 11.2. The molecule has 0 radical (unpaired) electrons. The van der Waals surface area contributed by atoms with Crippen molar-refractivity contribution in [1.29, 1.82) is 0 Å². The molecule has 3 aromatic carbocycles. The number of anilines is 3. The van der Waals surface area contributed by atoms with Crippen LogP contribution in [-0.4, -0.2) is 18.9 Å². The van der Waals surface area contributed by atoms with E-state index in [2.05, 4.69) is 16.0 Å². The molecule has 0 spiro atoms. The van der Waals surface area contributed by atoms with Crippen LogP contribution in [0.5, 0.6) is 5.75 Å². The maximum atomic E-state index is 13.1. The van der Waals surface area contributed by atoms with Crippen molar-refractivity contribution in [2.45, 2.75) is 13.0 Å². The van der Waals surface area contributed by atoms with Crippen LogP contribution in [0.3, 0.4) is 0 Å². The molecule has 0 aliphatic rings. The van der Waals surface area contributed by atoms with E-state index < -0.39 is 6.04 Å². The summed E-state index contributed by atoms with van der Waals surface area (Å²) in [6.07, 6.45) is 0. The molecule has 0 saturated carbocycles. The Morgan fingerprint density at radius 1 is 0.793 bits per heavy atom. The molecular weight excluding hydrogens is 366 g/mol. The highest BCUT2D eigenvalue weighted by Gasteiger charge is 2.21. The molecule has 0 aromatic heterocycles. The molecule has 3 N–H and O–H groups in total. The van der Waals surface area contributed by atoms with Crippen molar-refractivity contribution in [3.05, 3.63) is 84.4 Å². The molecular formula is C23H23N3O3. The highest BCUT2D eigenvalue weighted by atomic mass is 16.5. The molecule has 0 saturated heterocycles. The summed E-state index contributed by atoms with van der Waals surface area (Å²) in [7, 11) is 1.58. The summed E-state index contributed by atoms with van der Waals surface area (Å²) in [5.74, 6) is 0.335. The third kappa shape index (κ3) is 5.59. The lowest BCUT2D eigenvalue weighted by atomic mass is 10.1. The number of amides is 2. The van der Waals surface area contributed by atoms with Gasteiger partial charge in [0.1, 0.15) is 11.8 Å². The second-order valence-electron chi connectivity index (χ2n) is 6.47. The first kappa shape index (κ1) is 19.9. The van der Waals surface area contributed by atoms with Crippen LogP contribution >= 0.6 is 0 Å². The fourth-order valence-electron chi connectivity index (χ4n) is 2.88. The molecule has 6 heteroatoms. The van der Waals surface area contributed by atoms with Crippen molar-refractivity contribution >= 4 is 28.9 Å². The number of hydrogen-bond acceptors (Lipinski definition) is 4. The Bertz CT molecular complexity index is 972. The number of nitrogens with one attached hydrogen (secondary N) is 3. The average molecular weight is 389 g/mol. The summed E-state index contributed by atoms with van der Waals surface area (Å²) in [6.45, 7) is 1.46. The zero-order chi connectivity index (χ0) is 20.6. The lowest BCUT2D eigenvalue weighted by Crippen LogP contribution is -2.27. The zero-order valence-corrected chi connectivity index (χ0v) is 16.3. The van der Waals surface area contributed by atoms with Crippen molar-refractivity contribution in [2.24, 2.45) is 0 Å². The molecule has 148 valence electrons. The van der Waals surface area contributed by atoms with Crippen molar-refractivity contribution in [3.8, 4) is 5.75 Å². The first-order chi connectivity index (χ1) is 14.0. The molecule has 2 amide bonds. The Labute approximate surface area is 169 Å². The second-order valence-corrected chi connectivity index (χ2v) is 6.47. The van der Waals surface area contributed by atoms with Crippen LogP contribution in [-0.2, 0) is 9.59 Å². The van der Waals surface area contributed by atoms with E-state index in [4.69, 9.17) is 4.74 Å². The monoisotopic (exact) mass is 389 g/mol. The Kier molecular flexibility index (Phi) is 6.47. The van der Waals surface area contributed by atoms with Gasteiger partial charge < -0.3 is 20.7 Å². The third-order valence-corrected chi connectivity index (χ3v) is 4.25. The summed E-state index contributed by atoms with van der Waals surface area (Å²) >= 11 is 0. The molecule has 29 heavy (non-hydrogen) atoms. The van der Waals surface area contributed by atoms with Crippen LogP contribution in [0.15, 0.2) is 78.9 Å². The summed E-state index contributed by atoms with van der Waals surface area (Å²) in [5.41, 5.74) is 2.94. The van der Waals surface area contributed by atoms with Crippen LogP contribution in [0.1, 0.15) is 18.5 Å². The van der Waals surface area contributed by atoms with Crippen molar-refractivity contribution < 1.29 is 14.3 Å². The lowest BCUT2D eigenvalue weighted by Gasteiger charge is -2.20. The molecule has 0 bridgehead atoms. The van der Waals surface area contributed by atoms with Gasteiger partial charge in [0.25, 0.3) is 5.91 Å². The number of ether oxygens (including phenoxy) is 1. The van der Waals surface area contributed by atoms with Gasteiger partial charge in [-0.1, -0.05) is 36.4 Å². The van der Waals surface area contributed by atoms with E-state index in [0.29, 0.717) is 17.1 Å². The summed E-state index contributed by atoms with van der Waals surface area (Å²) in [6, 6.07) is 23.3. The van der Waals surface area contributed by atoms with E-state index >= 15 is 0 Å². The minimum atomic E-state index is -0.603. The summed E-state index contributed by atoms with van der Waals surface area (Å²) in [4.78, 5) is 24.2. The third-order valence-electron chi connectivity index (χ3n) is 4.25. The topological polar surface area (TPSA) is 79.5 Å². The van der Waals surface area contributed by atoms with Gasteiger partial charge in [-0.2, -0.15) is 0 Å². The van der Waals surface area contributed by atoms with Crippen LogP contribution in [0.2, 0.25) is 0 Å². The Hall–Kier alpha value is -3.80. The van der Waals surface area contributed by atoms with E-state index in [9.17, 15) is 9.59 Å². The van der Waals surface area contributed by atoms with Crippen molar-refractivity contribution in [3.63, 3.8) is 0 Å². The van der Waals surface area contributed by atoms with Gasteiger partial charge in [0.2, 0.25) is 5.91 Å². The smallest absolute Gasteiger partial charge is 0.251 e. The second kappa shape index (κ2) is 9.41. The number of hydrogen-bond donors (Lipinski definition) is 3. The maximum absolute atomic E-state index is 13.1. The molecule has 3 aromatic rings. The quantitative estimate of drug-likeness (QED) is 0.558. The number of rotatable bonds is 7. The molecule has 3 rings (SSSR count). The van der Waals surface area contributed by atoms with Crippen LogP contribution in [0.4, 0.5) is 17.1 Å². The van der Waals surface area contributed by atoms with Gasteiger partial charge >= 0.3 is 0 Å².